The number of hydrogen-bond acceptors (Lipinski definition) is 6. The first-order valence-corrected chi connectivity index (χ1v) is 7.67. The third-order valence-corrected chi connectivity index (χ3v) is 3.45. The molecule has 0 aliphatic heterocycles. The average molecular weight is 380 g/mol. The molecule has 7 nitrogen and oxygen atoms in total. The van der Waals surface area contributed by atoms with Gasteiger partial charge in [-0.2, -0.15) is 13.9 Å². The van der Waals surface area contributed by atoms with E-state index in [0.717, 1.165) is 0 Å². The molecular weight excluding hydrogens is 362 g/mol. The van der Waals surface area contributed by atoms with Crippen molar-refractivity contribution in [2.24, 2.45) is 5.10 Å². The van der Waals surface area contributed by atoms with Gasteiger partial charge in [0.2, 0.25) is 0 Å². The number of benzene rings is 2. The van der Waals surface area contributed by atoms with E-state index < -0.39 is 12.5 Å². The number of carbonyl (C=O) groups is 1. The monoisotopic (exact) mass is 380 g/mol. The summed E-state index contributed by atoms with van der Waals surface area (Å²) < 4.78 is 44.9. The van der Waals surface area contributed by atoms with Crippen molar-refractivity contribution in [2.75, 3.05) is 21.3 Å². The Balaban J connectivity index is 2.17. The van der Waals surface area contributed by atoms with Crippen molar-refractivity contribution in [3.8, 4) is 23.0 Å². The smallest absolute Gasteiger partial charge is 0.387 e. The minimum absolute atomic E-state index is 0.116. The van der Waals surface area contributed by atoms with Crippen LogP contribution < -0.4 is 24.4 Å². The average Bonchev–Trinajstić information content (AvgIpc) is 2.67. The lowest BCUT2D eigenvalue weighted by atomic mass is 10.2. The van der Waals surface area contributed by atoms with Crippen molar-refractivity contribution in [1.29, 1.82) is 0 Å². The molecule has 0 spiro atoms. The minimum Gasteiger partial charge on any atom is -0.493 e. The highest BCUT2D eigenvalue weighted by Crippen LogP contribution is 2.31. The molecule has 9 heteroatoms. The fraction of sp³-hybridized carbons (Fsp3) is 0.222. The van der Waals surface area contributed by atoms with E-state index in [1.165, 1.54) is 51.8 Å². The van der Waals surface area contributed by atoms with Gasteiger partial charge in [-0.3, -0.25) is 4.79 Å². The van der Waals surface area contributed by atoms with Gasteiger partial charge in [-0.05, 0) is 30.3 Å². The van der Waals surface area contributed by atoms with Crippen LogP contribution in [0.15, 0.2) is 41.5 Å². The zero-order chi connectivity index (χ0) is 19.8. The lowest BCUT2D eigenvalue weighted by Crippen LogP contribution is -2.17. The van der Waals surface area contributed by atoms with Gasteiger partial charge in [0.15, 0.2) is 23.0 Å². The largest absolute Gasteiger partial charge is 0.493 e. The van der Waals surface area contributed by atoms with E-state index >= 15 is 0 Å². The summed E-state index contributed by atoms with van der Waals surface area (Å²) in [5.74, 6) is 0.272. The molecule has 0 saturated heterocycles. The van der Waals surface area contributed by atoms with Gasteiger partial charge >= 0.3 is 6.61 Å². The van der Waals surface area contributed by atoms with Crippen LogP contribution in [0.3, 0.4) is 0 Å². The van der Waals surface area contributed by atoms with Gasteiger partial charge in [0.1, 0.15) is 0 Å². The van der Waals surface area contributed by atoms with Gasteiger partial charge in [0.05, 0.1) is 27.5 Å². The molecular formula is C18H18F2N2O5. The molecule has 0 saturated carbocycles. The highest BCUT2D eigenvalue weighted by Gasteiger charge is 2.14. The normalized spacial score (nSPS) is 10.7. The van der Waals surface area contributed by atoms with Crippen molar-refractivity contribution in [2.45, 2.75) is 6.61 Å². The summed E-state index contributed by atoms with van der Waals surface area (Å²) in [5, 5.41) is 3.78. The third-order valence-electron chi connectivity index (χ3n) is 3.45. The van der Waals surface area contributed by atoms with E-state index in [9.17, 15) is 13.6 Å². The molecule has 0 radical (unpaired) electrons. The molecule has 1 N–H and O–H groups in total. The van der Waals surface area contributed by atoms with Gasteiger partial charge in [-0.1, -0.05) is 6.07 Å². The first-order chi connectivity index (χ1) is 13.0. The van der Waals surface area contributed by atoms with Gasteiger partial charge in [0.25, 0.3) is 5.91 Å². The summed E-state index contributed by atoms with van der Waals surface area (Å²) in [5.41, 5.74) is 2.79. The van der Waals surface area contributed by atoms with Crippen LogP contribution in [0.4, 0.5) is 8.78 Å². The van der Waals surface area contributed by atoms with Gasteiger partial charge in [-0.25, -0.2) is 5.43 Å². The first kappa shape index (κ1) is 20.0. The molecule has 1 amide bonds. The second-order valence-electron chi connectivity index (χ2n) is 5.03. The van der Waals surface area contributed by atoms with Crippen LogP contribution in [-0.2, 0) is 0 Å². The van der Waals surface area contributed by atoms with Crippen LogP contribution in [0.5, 0.6) is 23.0 Å². The fourth-order valence-electron chi connectivity index (χ4n) is 2.21. The first-order valence-electron chi connectivity index (χ1n) is 7.67. The summed E-state index contributed by atoms with van der Waals surface area (Å²) in [6.07, 6.45) is 1.18. The Bertz CT molecular complexity index is 827. The molecule has 0 unspecified atom stereocenters. The number of hydrogen-bond donors (Lipinski definition) is 1. The fourth-order valence-corrected chi connectivity index (χ4v) is 2.21. The summed E-state index contributed by atoms with van der Waals surface area (Å²) in [7, 11) is 4.26. The second-order valence-corrected chi connectivity index (χ2v) is 5.03. The topological polar surface area (TPSA) is 78.4 Å². The Kier molecular flexibility index (Phi) is 6.93. The quantitative estimate of drug-likeness (QED) is 0.563. The summed E-state index contributed by atoms with van der Waals surface area (Å²) in [6, 6.07) is 9.13. The molecule has 0 heterocycles. The maximum absolute atomic E-state index is 12.6. The highest BCUT2D eigenvalue weighted by molar-refractivity contribution is 5.95. The Morgan fingerprint density at radius 3 is 2.37 bits per heavy atom. The lowest BCUT2D eigenvalue weighted by Gasteiger charge is -2.12. The number of halogens is 2. The number of hydrazone groups is 1. The summed E-state index contributed by atoms with van der Waals surface area (Å²) >= 11 is 0. The number of rotatable bonds is 8. The Morgan fingerprint density at radius 2 is 1.74 bits per heavy atom. The Morgan fingerprint density at radius 1 is 1.04 bits per heavy atom. The molecule has 27 heavy (non-hydrogen) atoms. The number of nitrogens with one attached hydrogen (secondary N) is 1. The molecule has 2 aromatic carbocycles. The van der Waals surface area contributed by atoms with E-state index in [4.69, 9.17) is 14.2 Å². The summed E-state index contributed by atoms with van der Waals surface area (Å²) in [6.45, 7) is -3.03. The van der Waals surface area contributed by atoms with Crippen LogP contribution in [0.1, 0.15) is 15.9 Å². The van der Waals surface area contributed by atoms with Gasteiger partial charge < -0.3 is 18.9 Å². The number of carbonyl (C=O) groups excluding carboxylic acids is 1. The van der Waals surface area contributed by atoms with E-state index in [-0.39, 0.29) is 22.6 Å². The number of ether oxygens (including phenoxy) is 4. The van der Waals surface area contributed by atoms with Crippen molar-refractivity contribution in [1.82, 2.24) is 5.43 Å². The molecule has 0 aromatic heterocycles. The van der Waals surface area contributed by atoms with E-state index in [2.05, 4.69) is 15.3 Å². The van der Waals surface area contributed by atoms with Crippen molar-refractivity contribution >= 4 is 12.1 Å². The predicted octanol–water partition coefficient (Wildman–Crippen LogP) is 3.08. The summed E-state index contributed by atoms with van der Waals surface area (Å²) in [4.78, 5) is 12.2. The predicted molar refractivity (Wildman–Crippen MR) is 94.2 cm³/mol. The molecule has 0 aliphatic rings. The van der Waals surface area contributed by atoms with Crippen LogP contribution >= 0.6 is 0 Å². The molecule has 0 atom stereocenters. The molecule has 144 valence electrons. The number of nitrogens with zero attached hydrogens (tertiary/aromatic N) is 1. The number of amides is 1. The maximum atomic E-state index is 12.6. The SMILES string of the molecule is COc1ccc(C(=O)N/N=C\c2cccc(OC)c2OC(F)F)cc1OC. The molecule has 2 aromatic rings. The zero-order valence-electron chi connectivity index (χ0n) is 14.9. The van der Waals surface area contributed by atoms with Crippen molar-refractivity contribution < 1.29 is 32.5 Å². The molecule has 0 aliphatic carbocycles. The van der Waals surface area contributed by atoms with Crippen LogP contribution in [0.2, 0.25) is 0 Å². The van der Waals surface area contributed by atoms with Crippen LogP contribution in [-0.4, -0.2) is 40.1 Å². The van der Waals surface area contributed by atoms with Gasteiger partial charge in [-0.15, -0.1) is 0 Å². The van der Waals surface area contributed by atoms with Gasteiger partial charge in [0, 0.05) is 11.1 Å². The Hall–Kier alpha value is -3.36. The number of alkyl halides is 2. The molecule has 0 bridgehead atoms. The van der Waals surface area contributed by atoms with Crippen LogP contribution in [0.25, 0.3) is 0 Å². The Labute approximate surface area is 154 Å². The van der Waals surface area contributed by atoms with E-state index in [1.807, 2.05) is 0 Å². The highest BCUT2D eigenvalue weighted by atomic mass is 19.3. The van der Waals surface area contributed by atoms with E-state index in [0.29, 0.717) is 11.5 Å². The third kappa shape index (κ3) is 5.06. The maximum Gasteiger partial charge on any atom is 0.387 e. The zero-order valence-corrected chi connectivity index (χ0v) is 14.9. The second kappa shape index (κ2) is 9.37. The molecule has 0 fully saturated rings. The van der Waals surface area contributed by atoms with Crippen molar-refractivity contribution in [3.63, 3.8) is 0 Å². The van der Waals surface area contributed by atoms with Crippen molar-refractivity contribution in [3.05, 3.63) is 47.5 Å². The van der Waals surface area contributed by atoms with E-state index in [1.54, 1.807) is 12.1 Å². The standard InChI is InChI=1S/C18H18F2N2O5/c1-24-13-8-7-11(9-15(13)26-3)17(23)22-21-10-12-5-4-6-14(25-2)16(12)27-18(19)20/h4-10,18H,1-3H3,(H,22,23)/b21-10-. The van der Waals surface area contributed by atoms with Crippen LogP contribution in [0, 0.1) is 0 Å². The lowest BCUT2D eigenvalue weighted by molar-refractivity contribution is -0.0513. The number of para-hydroxylation sites is 1. The minimum atomic E-state index is -3.03. The number of methoxy groups -OCH3 is 3. The molecule has 2 rings (SSSR count).